The number of anilines is 1. The lowest BCUT2D eigenvalue weighted by atomic mass is 10.1. The van der Waals surface area contributed by atoms with Gasteiger partial charge in [-0.15, -0.1) is 0 Å². The number of nitrogens with zero attached hydrogens (tertiary/aromatic N) is 3. The van der Waals surface area contributed by atoms with Gasteiger partial charge in [-0.1, -0.05) is 18.2 Å². The first-order valence-electron chi connectivity index (χ1n) is 8.24. The lowest BCUT2D eigenvalue weighted by molar-refractivity contribution is 0.475. The summed E-state index contributed by atoms with van der Waals surface area (Å²) in [6.07, 6.45) is 6.53. The predicted molar refractivity (Wildman–Crippen MR) is 95.8 cm³/mol. The topological polar surface area (TPSA) is 97.0 Å². The van der Waals surface area contributed by atoms with E-state index in [2.05, 4.69) is 26.3 Å². The summed E-state index contributed by atoms with van der Waals surface area (Å²) < 4.78 is 0. The van der Waals surface area contributed by atoms with Crippen molar-refractivity contribution in [1.82, 2.24) is 20.3 Å². The molecular weight excluding hydrogens is 314 g/mol. The number of aromatic hydroxyl groups is 1. The van der Waals surface area contributed by atoms with Gasteiger partial charge >= 0.3 is 0 Å². The highest BCUT2D eigenvalue weighted by molar-refractivity contribution is 5.61. The summed E-state index contributed by atoms with van der Waals surface area (Å²) in [5, 5.41) is 13.1. The zero-order valence-corrected chi connectivity index (χ0v) is 13.6. The molecule has 4 rings (SSSR count). The van der Waals surface area contributed by atoms with Crippen LogP contribution in [0, 0.1) is 0 Å². The maximum atomic E-state index is 9.58. The van der Waals surface area contributed by atoms with Crippen LogP contribution in [-0.4, -0.2) is 26.1 Å². The molecule has 1 aliphatic carbocycles. The van der Waals surface area contributed by atoms with Crippen LogP contribution in [-0.2, 0) is 6.54 Å². The van der Waals surface area contributed by atoms with Gasteiger partial charge in [0.2, 0.25) is 5.95 Å². The molecule has 0 aliphatic heterocycles. The number of nitrogens with two attached hydrogens (primary N) is 1. The van der Waals surface area contributed by atoms with E-state index in [4.69, 9.17) is 5.73 Å². The number of phenols is 1. The van der Waals surface area contributed by atoms with Crippen LogP contribution in [0.2, 0.25) is 0 Å². The lowest BCUT2D eigenvalue weighted by Crippen LogP contribution is -2.17. The fourth-order valence-corrected chi connectivity index (χ4v) is 2.95. The van der Waals surface area contributed by atoms with E-state index in [1.165, 1.54) is 5.56 Å². The van der Waals surface area contributed by atoms with Crippen LogP contribution in [0.15, 0.2) is 55.0 Å². The van der Waals surface area contributed by atoms with E-state index in [1.807, 2.05) is 24.4 Å². The first-order chi connectivity index (χ1) is 12.2. The molecule has 2 heterocycles. The first-order valence-corrected chi connectivity index (χ1v) is 8.24. The van der Waals surface area contributed by atoms with Crippen LogP contribution >= 0.6 is 0 Å². The van der Waals surface area contributed by atoms with Crippen molar-refractivity contribution < 1.29 is 5.11 Å². The number of nitrogen functional groups attached to an aromatic ring is 1. The standard InChI is InChI=1S/C19H19N5O/c20-19-23-9-12(10-24-19)8-21-18-7-16(18)14-4-5-17(22-11-14)13-2-1-3-15(25)6-13/h1-6,9-11,16,18,21,25H,7-8H2,(H2,20,23,24)/t16-,18+/m1/s1. The quantitative estimate of drug-likeness (QED) is 0.664. The van der Waals surface area contributed by atoms with Crippen LogP contribution in [0.1, 0.15) is 23.5 Å². The smallest absolute Gasteiger partial charge is 0.219 e. The third-order valence-electron chi connectivity index (χ3n) is 4.44. The van der Waals surface area contributed by atoms with E-state index >= 15 is 0 Å². The molecule has 0 unspecified atom stereocenters. The van der Waals surface area contributed by atoms with Crippen molar-refractivity contribution in [3.63, 3.8) is 0 Å². The number of nitrogens with one attached hydrogen (secondary N) is 1. The maximum Gasteiger partial charge on any atom is 0.219 e. The van der Waals surface area contributed by atoms with Crippen molar-refractivity contribution in [2.24, 2.45) is 0 Å². The SMILES string of the molecule is Nc1ncc(CN[C@H]2C[C@@H]2c2ccc(-c3cccc(O)c3)nc2)cn1. The molecule has 6 nitrogen and oxygen atoms in total. The highest BCUT2D eigenvalue weighted by atomic mass is 16.3. The summed E-state index contributed by atoms with van der Waals surface area (Å²) >= 11 is 0. The number of aromatic nitrogens is 3. The van der Waals surface area contributed by atoms with Crippen LogP contribution in [0.5, 0.6) is 5.75 Å². The molecule has 0 radical (unpaired) electrons. The Morgan fingerprint density at radius 1 is 1.08 bits per heavy atom. The molecular formula is C19H19N5O. The second-order valence-corrected chi connectivity index (χ2v) is 6.31. The molecule has 0 amide bonds. The van der Waals surface area contributed by atoms with E-state index in [0.29, 0.717) is 17.9 Å². The van der Waals surface area contributed by atoms with E-state index < -0.39 is 0 Å². The molecule has 4 N–H and O–H groups in total. The number of pyridine rings is 1. The molecule has 6 heteroatoms. The fraction of sp³-hybridized carbons (Fsp3) is 0.211. The molecule has 2 aromatic heterocycles. The molecule has 2 atom stereocenters. The van der Waals surface area contributed by atoms with E-state index in [0.717, 1.165) is 29.8 Å². The van der Waals surface area contributed by atoms with Gasteiger partial charge in [-0.2, -0.15) is 0 Å². The highest BCUT2D eigenvalue weighted by Crippen LogP contribution is 2.41. The minimum atomic E-state index is 0.251. The minimum Gasteiger partial charge on any atom is -0.508 e. The van der Waals surface area contributed by atoms with Gasteiger partial charge in [0.15, 0.2) is 0 Å². The Bertz CT molecular complexity index is 864. The van der Waals surface area contributed by atoms with Gasteiger partial charge in [0.05, 0.1) is 5.69 Å². The molecule has 25 heavy (non-hydrogen) atoms. The number of benzene rings is 1. The van der Waals surface area contributed by atoms with E-state index in [9.17, 15) is 5.11 Å². The zero-order chi connectivity index (χ0) is 17.2. The van der Waals surface area contributed by atoms with Crippen LogP contribution in [0.25, 0.3) is 11.3 Å². The summed E-state index contributed by atoms with van der Waals surface area (Å²) in [5.74, 6) is 1.04. The second kappa shape index (κ2) is 6.49. The van der Waals surface area contributed by atoms with Crippen molar-refractivity contribution >= 4 is 5.95 Å². The number of phenolic OH excluding ortho intramolecular Hbond substituents is 1. The molecule has 0 spiro atoms. The van der Waals surface area contributed by atoms with Crippen LogP contribution in [0.4, 0.5) is 5.95 Å². The number of hydrogen-bond acceptors (Lipinski definition) is 6. The number of hydrogen-bond donors (Lipinski definition) is 3. The van der Waals surface area contributed by atoms with Crippen LogP contribution < -0.4 is 11.1 Å². The summed E-state index contributed by atoms with van der Waals surface area (Å²) in [6.45, 7) is 0.732. The van der Waals surface area contributed by atoms with Gasteiger partial charge in [-0.25, -0.2) is 9.97 Å². The van der Waals surface area contributed by atoms with E-state index in [1.54, 1.807) is 24.5 Å². The molecule has 1 aromatic carbocycles. The largest absolute Gasteiger partial charge is 0.508 e. The predicted octanol–water partition coefficient (Wildman–Crippen LogP) is 2.47. The van der Waals surface area contributed by atoms with Crippen LogP contribution in [0.3, 0.4) is 0 Å². The summed E-state index contributed by atoms with van der Waals surface area (Å²) in [4.78, 5) is 12.5. The Kier molecular flexibility index (Phi) is 4.03. The molecule has 1 aliphatic rings. The maximum absolute atomic E-state index is 9.58. The average molecular weight is 333 g/mol. The first kappa shape index (κ1) is 15.5. The average Bonchev–Trinajstić information content (AvgIpc) is 3.41. The molecule has 126 valence electrons. The Hall–Kier alpha value is -2.99. The van der Waals surface area contributed by atoms with Crippen molar-refractivity contribution in [2.75, 3.05) is 5.73 Å². The summed E-state index contributed by atoms with van der Waals surface area (Å²) in [5.41, 5.74) is 9.53. The second-order valence-electron chi connectivity index (χ2n) is 6.31. The Balaban J connectivity index is 1.36. The monoisotopic (exact) mass is 333 g/mol. The van der Waals surface area contributed by atoms with Crippen molar-refractivity contribution in [3.05, 3.63) is 66.1 Å². The van der Waals surface area contributed by atoms with Gasteiger partial charge in [-0.05, 0) is 30.2 Å². The molecule has 3 aromatic rings. The Morgan fingerprint density at radius 2 is 1.92 bits per heavy atom. The molecule has 1 fully saturated rings. The summed E-state index contributed by atoms with van der Waals surface area (Å²) in [7, 11) is 0. The minimum absolute atomic E-state index is 0.251. The Morgan fingerprint density at radius 3 is 2.64 bits per heavy atom. The fourth-order valence-electron chi connectivity index (χ4n) is 2.95. The van der Waals surface area contributed by atoms with E-state index in [-0.39, 0.29) is 5.75 Å². The lowest BCUT2D eigenvalue weighted by Gasteiger charge is -2.06. The van der Waals surface area contributed by atoms with Gasteiger partial charge in [0.1, 0.15) is 5.75 Å². The normalized spacial score (nSPS) is 18.9. The summed E-state index contributed by atoms with van der Waals surface area (Å²) in [6, 6.07) is 11.7. The van der Waals surface area contributed by atoms with Gasteiger partial charge in [0, 0.05) is 48.2 Å². The molecule has 0 bridgehead atoms. The molecule has 1 saturated carbocycles. The third kappa shape index (κ3) is 3.59. The highest BCUT2D eigenvalue weighted by Gasteiger charge is 2.38. The van der Waals surface area contributed by atoms with Gasteiger partial charge in [-0.3, -0.25) is 4.98 Å². The van der Waals surface area contributed by atoms with Gasteiger partial charge in [0.25, 0.3) is 0 Å². The third-order valence-corrected chi connectivity index (χ3v) is 4.44. The molecule has 0 saturated heterocycles. The van der Waals surface area contributed by atoms with Crippen molar-refractivity contribution in [3.8, 4) is 17.0 Å². The van der Waals surface area contributed by atoms with Crippen molar-refractivity contribution in [2.45, 2.75) is 24.9 Å². The number of rotatable bonds is 5. The zero-order valence-electron chi connectivity index (χ0n) is 13.6. The van der Waals surface area contributed by atoms with Gasteiger partial charge < -0.3 is 16.2 Å². The Labute approximate surface area is 145 Å². The van der Waals surface area contributed by atoms with Crippen molar-refractivity contribution in [1.29, 1.82) is 0 Å².